The second-order valence-corrected chi connectivity index (χ2v) is 6.28. The first-order chi connectivity index (χ1) is 13.4. The highest BCUT2D eigenvalue weighted by atomic mass is 35.5. The summed E-state index contributed by atoms with van der Waals surface area (Å²) in [6.07, 6.45) is -1.16. The molecule has 3 rings (SSSR count). The first kappa shape index (κ1) is 19.1. The van der Waals surface area contributed by atoms with Crippen LogP contribution in [0.3, 0.4) is 0 Å². The van der Waals surface area contributed by atoms with Crippen molar-refractivity contribution in [3.05, 3.63) is 75.1 Å². The Morgan fingerprint density at radius 1 is 1.21 bits per heavy atom. The van der Waals surface area contributed by atoms with Crippen LogP contribution in [0.1, 0.15) is 23.0 Å². The van der Waals surface area contributed by atoms with Gasteiger partial charge in [0.15, 0.2) is 11.5 Å². The van der Waals surface area contributed by atoms with Crippen molar-refractivity contribution in [1.82, 2.24) is 0 Å². The number of amides is 1. The number of nitrogens with zero attached hydrogens (tertiary/aromatic N) is 1. The van der Waals surface area contributed by atoms with Crippen molar-refractivity contribution >= 4 is 40.1 Å². The normalized spacial score (nSPS) is 11.5. The highest BCUT2D eigenvalue weighted by Crippen LogP contribution is 2.18. The number of halogens is 1. The van der Waals surface area contributed by atoms with Crippen molar-refractivity contribution in [2.24, 2.45) is 0 Å². The lowest BCUT2D eigenvalue weighted by atomic mass is 10.2. The number of hydrogen-bond donors (Lipinski definition) is 1. The molecule has 0 spiro atoms. The van der Waals surface area contributed by atoms with Gasteiger partial charge in [0.1, 0.15) is 5.58 Å². The summed E-state index contributed by atoms with van der Waals surface area (Å²) in [5.41, 5.74) is 0.483. The van der Waals surface area contributed by atoms with Crippen LogP contribution >= 0.6 is 11.6 Å². The molecule has 0 aliphatic heterocycles. The van der Waals surface area contributed by atoms with Gasteiger partial charge in [-0.1, -0.05) is 17.7 Å². The molecule has 8 heteroatoms. The van der Waals surface area contributed by atoms with E-state index >= 15 is 0 Å². The molecule has 1 aromatic heterocycles. The number of fused-ring (bicyclic) bond motifs is 1. The van der Waals surface area contributed by atoms with Crippen LogP contribution in [0, 0.1) is 11.3 Å². The molecule has 0 saturated carbocycles. The standard InChI is InChI=1S/C20H13ClN2O5/c1-11(19(25)23-14-4-2-3-12(7-14)10-22)27-20(26)18-9-16(24)15-8-13(21)5-6-17(15)28-18/h2-9,11H,1H3,(H,23,25)/t11-/m1/s1. The predicted molar refractivity (Wildman–Crippen MR) is 102 cm³/mol. The SMILES string of the molecule is C[C@@H](OC(=O)c1cc(=O)c2cc(Cl)ccc2o1)C(=O)Nc1cccc(C#N)c1. The molecule has 0 radical (unpaired) electrons. The summed E-state index contributed by atoms with van der Waals surface area (Å²) in [6.45, 7) is 1.38. The number of carbonyl (C=O) groups excluding carboxylic acids is 2. The topological polar surface area (TPSA) is 109 Å². The fourth-order valence-electron chi connectivity index (χ4n) is 2.41. The minimum absolute atomic E-state index is 0.175. The van der Waals surface area contributed by atoms with Crippen molar-refractivity contribution in [2.75, 3.05) is 5.32 Å². The molecule has 0 fully saturated rings. The van der Waals surface area contributed by atoms with Crippen LogP contribution in [-0.4, -0.2) is 18.0 Å². The minimum atomic E-state index is -1.16. The van der Waals surface area contributed by atoms with Crippen LogP contribution in [0.2, 0.25) is 5.02 Å². The average molecular weight is 397 g/mol. The highest BCUT2D eigenvalue weighted by molar-refractivity contribution is 6.31. The van der Waals surface area contributed by atoms with E-state index in [2.05, 4.69) is 5.32 Å². The van der Waals surface area contributed by atoms with Crippen LogP contribution in [0.5, 0.6) is 0 Å². The molecule has 0 aliphatic rings. The molecule has 0 saturated heterocycles. The van der Waals surface area contributed by atoms with E-state index in [9.17, 15) is 14.4 Å². The van der Waals surface area contributed by atoms with E-state index in [0.29, 0.717) is 16.3 Å². The van der Waals surface area contributed by atoms with E-state index in [4.69, 9.17) is 26.0 Å². The number of benzene rings is 2. The van der Waals surface area contributed by atoms with Gasteiger partial charge in [0.05, 0.1) is 17.0 Å². The predicted octanol–water partition coefficient (Wildman–Crippen LogP) is 3.50. The Morgan fingerprint density at radius 2 is 2.00 bits per heavy atom. The first-order valence-electron chi connectivity index (χ1n) is 8.13. The van der Waals surface area contributed by atoms with Gasteiger partial charge in [-0.3, -0.25) is 9.59 Å². The highest BCUT2D eigenvalue weighted by Gasteiger charge is 2.21. The zero-order valence-corrected chi connectivity index (χ0v) is 15.3. The lowest BCUT2D eigenvalue weighted by molar-refractivity contribution is -0.123. The Bertz CT molecular complexity index is 1180. The van der Waals surface area contributed by atoms with Gasteiger partial charge in [-0.05, 0) is 43.3 Å². The Hall–Kier alpha value is -3.63. The molecular formula is C20H13ClN2O5. The minimum Gasteiger partial charge on any atom is -0.449 e. The van der Waals surface area contributed by atoms with E-state index in [1.807, 2.05) is 6.07 Å². The largest absolute Gasteiger partial charge is 0.449 e. The van der Waals surface area contributed by atoms with Crippen molar-refractivity contribution in [3.8, 4) is 6.07 Å². The van der Waals surface area contributed by atoms with E-state index in [1.54, 1.807) is 18.2 Å². The molecule has 140 valence electrons. The maximum absolute atomic E-state index is 12.3. The second-order valence-electron chi connectivity index (χ2n) is 5.84. The van der Waals surface area contributed by atoms with Gasteiger partial charge in [0.25, 0.3) is 5.91 Å². The van der Waals surface area contributed by atoms with E-state index in [-0.39, 0.29) is 16.7 Å². The summed E-state index contributed by atoms with van der Waals surface area (Å²) < 4.78 is 10.5. The van der Waals surface area contributed by atoms with Crippen LogP contribution in [0.15, 0.2) is 57.7 Å². The van der Waals surface area contributed by atoms with Gasteiger partial charge in [0, 0.05) is 16.8 Å². The second kappa shape index (κ2) is 7.94. The monoisotopic (exact) mass is 396 g/mol. The molecule has 1 amide bonds. The number of esters is 1. The average Bonchev–Trinajstić information content (AvgIpc) is 2.68. The Balaban J connectivity index is 1.74. The molecule has 0 unspecified atom stereocenters. The summed E-state index contributed by atoms with van der Waals surface area (Å²) >= 11 is 5.85. The lowest BCUT2D eigenvalue weighted by Crippen LogP contribution is -2.30. The molecular weight excluding hydrogens is 384 g/mol. The number of ether oxygens (including phenoxy) is 1. The summed E-state index contributed by atoms with van der Waals surface area (Å²) in [6, 6.07) is 13.7. The summed E-state index contributed by atoms with van der Waals surface area (Å²) in [4.78, 5) is 36.6. The first-order valence-corrected chi connectivity index (χ1v) is 8.50. The van der Waals surface area contributed by atoms with Gasteiger partial charge < -0.3 is 14.5 Å². The van der Waals surface area contributed by atoms with Crippen molar-refractivity contribution < 1.29 is 18.7 Å². The van der Waals surface area contributed by atoms with Crippen LogP contribution in [0.25, 0.3) is 11.0 Å². The molecule has 0 aliphatic carbocycles. The lowest BCUT2D eigenvalue weighted by Gasteiger charge is -2.13. The van der Waals surface area contributed by atoms with E-state index in [1.165, 1.54) is 31.2 Å². The van der Waals surface area contributed by atoms with Crippen LogP contribution in [-0.2, 0) is 9.53 Å². The van der Waals surface area contributed by atoms with Crippen molar-refractivity contribution in [1.29, 1.82) is 5.26 Å². The molecule has 0 bridgehead atoms. The summed E-state index contributed by atoms with van der Waals surface area (Å²) in [5, 5.41) is 12.0. The third-order valence-corrected chi connectivity index (χ3v) is 4.04. The fraction of sp³-hybridized carbons (Fsp3) is 0.100. The number of anilines is 1. The molecule has 2 aromatic carbocycles. The zero-order chi connectivity index (χ0) is 20.3. The van der Waals surface area contributed by atoms with Gasteiger partial charge in [-0.2, -0.15) is 5.26 Å². The molecule has 28 heavy (non-hydrogen) atoms. The number of rotatable bonds is 4. The maximum Gasteiger partial charge on any atom is 0.375 e. The number of nitriles is 1. The van der Waals surface area contributed by atoms with Crippen molar-refractivity contribution in [3.63, 3.8) is 0 Å². The number of hydrogen-bond acceptors (Lipinski definition) is 6. The van der Waals surface area contributed by atoms with Crippen molar-refractivity contribution in [2.45, 2.75) is 13.0 Å². The van der Waals surface area contributed by atoms with E-state index in [0.717, 1.165) is 6.07 Å². The third-order valence-electron chi connectivity index (χ3n) is 3.80. The Labute approximate surface area is 164 Å². The van der Waals surface area contributed by atoms with Crippen LogP contribution in [0.4, 0.5) is 5.69 Å². The quantitative estimate of drug-likeness (QED) is 0.676. The van der Waals surface area contributed by atoms with Gasteiger partial charge in [-0.25, -0.2) is 4.79 Å². The molecule has 1 heterocycles. The Morgan fingerprint density at radius 3 is 2.75 bits per heavy atom. The molecule has 3 aromatic rings. The molecule has 1 atom stereocenters. The van der Waals surface area contributed by atoms with E-state index < -0.39 is 23.4 Å². The van der Waals surface area contributed by atoms with Crippen LogP contribution < -0.4 is 10.7 Å². The van der Waals surface area contributed by atoms with Gasteiger partial charge >= 0.3 is 5.97 Å². The number of carbonyl (C=O) groups is 2. The smallest absolute Gasteiger partial charge is 0.375 e. The Kier molecular flexibility index (Phi) is 5.43. The molecule has 7 nitrogen and oxygen atoms in total. The fourth-order valence-corrected chi connectivity index (χ4v) is 2.58. The summed E-state index contributed by atoms with van der Waals surface area (Å²) in [7, 11) is 0. The van der Waals surface area contributed by atoms with Gasteiger partial charge in [0.2, 0.25) is 5.76 Å². The molecule has 1 N–H and O–H groups in total. The zero-order valence-electron chi connectivity index (χ0n) is 14.6. The van der Waals surface area contributed by atoms with Gasteiger partial charge in [-0.15, -0.1) is 0 Å². The third kappa shape index (κ3) is 4.19. The maximum atomic E-state index is 12.3. The number of nitrogens with one attached hydrogen (secondary N) is 1. The summed E-state index contributed by atoms with van der Waals surface area (Å²) in [5.74, 6) is -1.88.